The van der Waals surface area contributed by atoms with Gasteiger partial charge in [-0.15, -0.1) is 22.7 Å². The van der Waals surface area contributed by atoms with Crippen LogP contribution in [0, 0.1) is 0 Å². The number of hydrogen-bond acceptors (Lipinski definition) is 6. The third-order valence-corrected chi connectivity index (χ3v) is 5.17. The summed E-state index contributed by atoms with van der Waals surface area (Å²) in [6.07, 6.45) is 0. The molecule has 0 unspecified atom stereocenters. The van der Waals surface area contributed by atoms with Gasteiger partial charge in [-0.2, -0.15) is 0 Å². The predicted molar refractivity (Wildman–Crippen MR) is 108 cm³/mol. The van der Waals surface area contributed by atoms with Crippen LogP contribution in [0.1, 0.15) is 16.1 Å². The minimum absolute atomic E-state index is 0.199. The van der Waals surface area contributed by atoms with Gasteiger partial charge in [-0.1, -0.05) is 30.3 Å². The van der Waals surface area contributed by atoms with E-state index in [0.29, 0.717) is 23.1 Å². The molecule has 0 aliphatic heterocycles. The fraction of sp³-hybridized carbons (Fsp3) is 0.0500. The number of thiazole rings is 2. The van der Waals surface area contributed by atoms with Gasteiger partial charge in [0.05, 0.1) is 16.9 Å². The van der Waals surface area contributed by atoms with Crippen molar-refractivity contribution in [3.8, 4) is 17.0 Å². The van der Waals surface area contributed by atoms with Gasteiger partial charge < -0.3 is 4.74 Å². The van der Waals surface area contributed by atoms with Crippen LogP contribution in [0.15, 0.2) is 70.9 Å². The molecule has 134 valence electrons. The molecule has 2 aromatic carbocycles. The van der Waals surface area contributed by atoms with Crippen molar-refractivity contribution < 1.29 is 9.53 Å². The Morgan fingerprint density at radius 2 is 1.85 bits per heavy atom. The van der Waals surface area contributed by atoms with Crippen LogP contribution >= 0.6 is 22.7 Å². The second-order valence-electron chi connectivity index (χ2n) is 5.65. The third-order valence-electron chi connectivity index (χ3n) is 3.78. The van der Waals surface area contributed by atoms with Crippen LogP contribution in [0.4, 0.5) is 5.13 Å². The zero-order valence-corrected chi connectivity index (χ0v) is 15.8. The van der Waals surface area contributed by atoms with Gasteiger partial charge in [0.25, 0.3) is 5.91 Å². The summed E-state index contributed by atoms with van der Waals surface area (Å²) >= 11 is 2.94. The number of benzene rings is 2. The summed E-state index contributed by atoms with van der Waals surface area (Å²) in [7, 11) is 0. The van der Waals surface area contributed by atoms with Gasteiger partial charge in [0, 0.05) is 21.9 Å². The number of carbonyl (C=O) groups is 1. The van der Waals surface area contributed by atoms with Gasteiger partial charge in [0.15, 0.2) is 5.13 Å². The van der Waals surface area contributed by atoms with E-state index in [0.717, 1.165) is 17.0 Å². The van der Waals surface area contributed by atoms with E-state index in [1.807, 2.05) is 41.1 Å². The maximum absolute atomic E-state index is 12.4. The van der Waals surface area contributed by atoms with Crippen LogP contribution in [0.25, 0.3) is 11.3 Å². The summed E-state index contributed by atoms with van der Waals surface area (Å²) in [5, 5.41) is 7.29. The molecular weight excluding hydrogens is 378 g/mol. The highest BCUT2D eigenvalue weighted by Gasteiger charge is 2.10. The summed E-state index contributed by atoms with van der Waals surface area (Å²) in [6.45, 7) is 0.413. The van der Waals surface area contributed by atoms with Gasteiger partial charge in [0.1, 0.15) is 12.4 Å². The molecule has 1 N–H and O–H groups in total. The minimum Gasteiger partial charge on any atom is -0.487 e. The fourth-order valence-corrected chi connectivity index (χ4v) is 3.67. The molecule has 0 atom stereocenters. The van der Waals surface area contributed by atoms with Gasteiger partial charge in [-0.3, -0.25) is 10.1 Å². The van der Waals surface area contributed by atoms with E-state index in [2.05, 4.69) is 15.3 Å². The summed E-state index contributed by atoms with van der Waals surface area (Å²) in [5.41, 5.74) is 5.08. The Labute approximate surface area is 164 Å². The average Bonchev–Trinajstić information content (AvgIpc) is 3.39. The van der Waals surface area contributed by atoms with Crippen molar-refractivity contribution in [2.75, 3.05) is 5.32 Å². The minimum atomic E-state index is -0.199. The number of carbonyl (C=O) groups excluding carboxylic acids is 1. The summed E-state index contributed by atoms with van der Waals surface area (Å²) in [5.74, 6) is 0.496. The number of nitrogens with one attached hydrogen (secondary N) is 1. The van der Waals surface area contributed by atoms with E-state index in [4.69, 9.17) is 4.74 Å². The molecule has 2 aromatic heterocycles. The number of nitrogens with zero attached hydrogens (tertiary/aromatic N) is 2. The number of rotatable bonds is 6. The first-order chi connectivity index (χ1) is 13.3. The van der Waals surface area contributed by atoms with Crippen LogP contribution in [0.5, 0.6) is 5.75 Å². The highest BCUT2D eigenvalue weighted by Crippen LogP contribution is 2.25. The normalized spacial score (nSPS) is 10.5. The van der Waals surface area contributed by atoms with Gasteiger partial charge in [-0.25, -0.2) is 9.97 Å². The lowest BCUT2D eigenvalue weighted by molar-refractivity contribution is 0.102. The topological polar surface area (TPSA) is 64.1 Å². The van der Waals surface area contributed by atoms with Crippen molar-refractivity contribution in [1.29, 1.82) is 0 Å². The second kappa shape index (κ2) is 8.11. The molecule has 5 nitrogen and oxygen atoms in total. The first-order valence-corrected chi connectivity index (χ1v) is 10.0. The Kier molecular flexibility index (Phi) is 5.22. The Bertz CT molecular complexity index is 1010. The lowest BCUT2D eigenvalue weighted by Gasteiger charge is -2.06. The number of anilines is 1. The van der Waals surface area contributed by atoms with Crippen LogP contribution in [0.3, 0.4) is 0 Å². The highest BCUT2D eigenvalue weighted by atomic mass is 32.1. The molecule has 7 heteroatoms. The molecule has 0 fully saturated rings. The fourth-order valence-electron chi connectivity index (χ4n) is 2.41. The van der Waals surface area contributed by atoms with E-state index in [1.165, 1.54) is 22.7 Å². The molecule has 27 heavy (non-hydrogen) atoms. The van der Waals surface area contributed by atoms with Crippen molar-refractivity contribution in [3.05, 3.63) is 82.1 Å². The van der Waals surface area contributed by atoms with Gasteiger partial charge >= 0.3 is 0 Å². The van der Waals surface area contributed by atoms with Crippen molar-refractivity contribution in [3.63, 3.8) is 0 Å². The first-order valence-electron chi connectivity index (χ1n) is 8.20. The molecule has 0 aliphatic rings. The molecule has 4 aromatic rings. The van der Waals surface area contributed by atoms with E-state index in [9.17, 15) is 4.79 Å². The quantitative estimate of drug-likeness (QED) is 0.495. The van der Waals surface area contributed by atoms with Gasteiger partial charge in [-0.05, 0) is 24.3 Å². The predicted octanol–water partition coefficient (Wildman–Crippen LogP) is 5.10. The Balaban J connectivity index is 1.37. The van der Waals surface area contributed by atoms with E-state index in [-0.39, 0.29) is 5.91 Å². The van der Waals surface area contributed by atoms with Crippen molar-refractivity contribution in [1.82, 2.24) is 9.97 Å². The third kappa shape index (κ3) is 4.39. The molecule has 0 bridgehead atoms. The van der Waals surface area contributed by atoms with Gasteiger partial charge in [0.2, 0.25) is 0 Å². The van der Waals surface area contributed by atoms with Crippen LogP contribution in [-0.2, 0) is 6.61 Å². The SMILES string of the molecule is O=C(Nc1nc(-c2ccccc2)cs1)c1ccc(OCc2cscn2)cc1. The zero-order valence-electron chi connectivity index (χ0n) is 14.2. The second-order valence-corrected chi connectivity index (χ2v) is 7.23. The smallest absolute Gasteiger partial charge is 0.257 e. The lowest BCUT2D eigenvalue weighted by atomic mass is 10.2. The molecule has 4 rings (SSSR count). The van der Waals surface area contributed by atoms with Crippen LogP contribution in [-0.4, -0.2) is 15.9 Å². The maximum atomic E-state index is 12.4. The largest absolute Gasteiger partial charge is 0.487 e. The average molecular weight is 393 g/mol. The number of hydrogen-bond donors (Lipinski definition) is 1. The standard InChI is InChI=1S/C20H15N3O2S2/c24-19(23-20-22-18(12-27-20)14-4-2-1-3-5-14)15-6-8-17(9-7-15)25-10-16-11-26-13-21-16/h1-9,11-13H,10H2,(H,22,23,24). The zero-order chi connectivity index (χ0) is 18.5. The number of aromatic nitrogens is 2. The molecule has 0 radical (unpaired) electrons. The molecule has 0 saturated heterocycles. The van der Waals surface area contributed by atoms with Crippen LogP contribution < -0.4 is 10.1 Å². The highest BCUT2D eigenvalue weighted by molar-refractivity contribution is 7.14. The van der Waals surface area contributed by atoms with Crippen molar-refractivity contribution >= 4 is 33.7 Å². The van der Waals surface area contributed by atoms with Crippen molar-refractivity contribution in [2.45, 2.75) is 6.61 Å². The molecule has 0 saturated carbocycles. The number of ether oxygens (including phenoxy) is 1. The van der Waals surface area contributed by atoms with Crippen LogP contribution in [0.2, 0.25) is 0 Å². The van der Waals surface area contributed by atoms with Crippen molar-refractivity contribution in [2.24, 2.45) is 0 Å². The maximum Gasteiger partial charge on any atom is 0.257 e. The molecule has 1 amide bonds. The van der Waals surface area contributed by atoms with E-state index in [1.54, 1.807) is 29.8 Å². The summed E-state index contributed by atoms with van der Waals surface area (Å²) in [6, 6.07) is 16.9. The lowest BCUT2D eigenvalue weighted by Crippen LogP contribution is -2.11. The number of amides is 1. The van der Waals surface area contributed by atoms with E-state index < -0.39 is 0 Å². The molecule has 0 spiro atoms. The first kappa shape index (κ1) is 17.4. The molecule has 0 aliphatic carbocycles. The Hall–Kier alpha value is -3.03. The molecular formula is C20H15N3O2S2. The molecule has 2 heterocycles. The van der Waals surface area contributed by atoms with E-state index >= 15 is 0 Å². The Morgan fingerprint density at radius 1 is 1.04 bits per heavy atom. The summed E-state index contributed by atoms with van der Waals surface area (Å²) in [4.78, 5) is 21.1. The monoisotopic (exact) mass is 393 g/mol. The summed E-state index contributed by atoms with van der Waals surface area (Å²) < 4.78 is 5.66. The Morgan fingerprint density at radius 3 is 2.59 bits per heavy atom.